The first-order valence-electron chi connectivity index (χ1n) is 5.99. The average molecular weight is 245 g/mol. The summed E-state index contributed by atoms with van der Waals surface area (Å²) in [5, 5.41) is 16.7. The Balaban J connectivity index is 1.66. The van der Waals surface area contributed by atoms with Crippen molar-refractivity contribution in [2.24, 2.45) is 5.92 Å². The molecule has 0 saturated carbocycles. The van der Waals surface area contributed by atoms with Gasteiger partial charge in [0.05, 0.1) is 24.7 Å². The molecule has 0 unspecified atom stereocenters. The van der Waals surface area contributed by atoms with E-state index in [2.05, 4.69) is 10.4 Å². The van der Waals surface area contributed by atoms with Crippen molar-refractivity contribution in [2.45, 2.75) is 0 Å². The van der Waals surface area contributed by atoms with E-state index in [-0.39, 0.29) is 5.75 Å². The number of nitrogens with one attached hydrogen (secondary N) is 1. The summed E-state index contributed by atoms with van der Waals surface area (Å²) in [5.74, 6) is 1.64. The summed E-state index contributed by atoms with van der Waals surface area (Å²) in [6, 6.07) is 6.89. The molecule has 18 heavy (non-hydrogen) atoms. The minimum Gasteiger partial charge on any atom is -0.508 e. The Kier molecular flexibility index (Phi) is 2.90. The van der Waals surface area contributed by atoms with E-state index >= 15 is 0 Å². The second kappa shape index (κ2) is 4.70. The third kappa shape index (κ3) is 2.31. The molecule has 0 radical (unpaired) electrons. The van der Waals surface area contributed by atoms with Crippen LogP contribution in [-0.2, 0) is 0 Å². The minimum atomic E-state index is 0.250. The predicted octanol–water partition coefficient (Wildman–Crippen LogP) is 1.18. The summed E-state index contributed by atoms with van der Waals surface area (Å²) >= 11 is 0. The van der Waals surface area contributed by atoms with Crippen molar-refractivity contribution in [3.63, 3.8) is 0 Å². The Morgan fingerprint density at radius 1 is 1.33 bits per heavy atom. The fourth-order valence-electron chi connectivity index (χ4n) is 1.81. The van der Waals surface area contributed by atoms with Crippen LogP contribution in [0.2, 0.25) is 0 Å². The third-order valence-corrected chi connectivity index (χ3v) is 3.02. The molecule has 3 rings (SSSR count). The van der Waals surface area contributed by atoms with Crippen LogP contribution >= 0.6 is 0 Å². The number of phenolic OH excluding ortho intramolecular Hbond substituents is 1. The van der Waals surface area contributed by atoms with Gasteiger partial charge in [-0.1, -0.05) is 0 Å². The Morgan fingerprint density at radius 2 is 2.11 bits per heavy atom. The molecule has 1 aromatic carbocycles. The first kappa shape index (κ1) is 11.1. The van der Waals surface area contributed by atoms with Crippen molar-refractivity contribution in [1.29, 1.82) is 0 Å². The summed E-state index contributed by atoms with van der Waals surface area (Å²) in [6.45, 7) is 2.80. The van der Waals surface area contributed by atoms with Gasteiger partial charge in [-0.25, -0.2) is 4.68 Å². The standard InChI is InChI=1S/C13H15N3O2/c17-12-3-1-11(2-4-12)16-8-13(7-15-16)18-9-10-5-14-6-10/h1-4,7-8,10,14,17H,5-6,9H2. The van der Waals surface area contributed by atoms with E-state index in [1.165, 1.54) is 0 Å². The van der Waals surface area contributed by atoms with Crippen molar-refractivity contribution in [3.05, 3.63) is 36.7 Å². The molecular formula is C13H15N3O2. The lowest BCUT2D eigenvalue weighted by Crippen LogP contribution is -2.45. The molecule has 2 heterocycles. The predicted molar refractivity (Wildman–Crippen MR) is 67.1 cm³/mol. The fraction of sp³-hybridized carbons (Fsp3) is 0.308. The monoisotopic (exact) mass is 245 g/mol. The van der Waals surface area contributed by atoms with Crippen molar-refractivity contribution in [3.8, 4) is 17.2 Å². The molecule has 1 aliphatic rings. The van der Waals surface area contributed by atoms with Crippen molar-refractivity contribution < 1.29 is 9.84 Å². The van der Waals surface area contributed by atoms with Crippen LogP contribution in [0.25, 0.3) is 5.69 Å². The van der Waals surface area contributed by atoms with Gasteiger partial charge in [-0.2, -0.15) is 5.10 Å². The van der Waals surface area contributed by atoms with E-state index in [1.54, 1.807) is 23.0 Å². The van der Waals surface area contributed by atoms with Crippen molar-refractivity contribution in [2.75, 3.05) is 19.7 Å². The summed E-state index contributed by atoms with van der Waals surface area (Å²) in [5.41, 5.74) is 0.896. The van der Waals surface area contributed by atoms with E-state index in [0.29, 0.717) is 5.92 Å². The number of nitrogens with zero attached hydrogens (tertiary/aromatic N) is 2. The summed E-state index contributed by atoms with van der Waals surface area (Å²) in [6.07, 6.45) is 3.55. The van der Waals surface area contributed by atoms with E-state index < -0.39 is 0 Å². The highest BCUT2D eigenvalue weighted by molar-refractivity contribution is 5.37. The van der Waals surface area contributed by atoms with Gasteiger partial charge in [-0.3, -0.25) is 0 Å². The van der Waals surface area contributed by atoms with Crippen LogP contribution in [-0.4, -0.2) is 34.6 Å². The highest BCUT2D eigenvalue weighted by atomic mass is 16.5. The van der Waals surface area contributed by atoms with Crippen molar-refractivity contribution >= 4 is 0 Å². The van der Waals surface area contributed by atoms with E-state index in [9.17, 15) is 5.11 Å². The molecule has 0 aliphatic carbocycles. The molecule has 1 saturated heterocycles. The zero-order chi connectivity index (χ0) is 12.4. The van der Waals surface area contributed by atoms with Crippen LogP contribution in [0.5, 0.6) is 11.5 Å². The maximum atomic E-state index is 9.23. The lowest BCUT2D eigenvalue weighted by molar-refractivity contribution is 0.199. The second-order valence-electron chi connectivity index (χ2n) is 4.47. The molecule has 2 N–H and O–H groups in total. The van der Waals surface area contributed by atoms with E-state index in [0.717, 1.165) is 31.1 Å². The number of phenols is 1. The molecule has 1 fully saturated rings. The molecule has 0 spiro atoms. The SMILES string of the molecule is Oc1ccc(-n2cc(OCC3CNC3)cn2)cc1. The smallest absolute Gasteiger partial charge is 0.157 e. The van der Waals surface area contributed by atoms with Crippen LogP contribution in [0, 0.1) is 5.92 Å². The maximum Gasteiger partial charge on any atom is 0.157 e. The van der Waals surface area contributed by atoms with Gasteiger partial charge >= 0.3 is 0 Å². The molecule has 0 amide bonds. The highest BCUT2D eigenvalue weighted by Gasteiger charge is 2.17. The zero-order valence-electron chi connectivity index (χ0n) is 9.91. The quantitative estimate of drug-likeness (QED) is 0.849. The van der Waals surface area contributed by atoms with Crippen LogP contribution in [0.1, 0.15) is 0 Å². The Labute approximate surface area is 105 Å². The lowest BCUT2D eigenvalue weighted by Gasteiger charge is -2.26. The van der Waals surface area contributed by atoms with E-state index in [1.807, 2.05) is 18.3 Å². The van der Waals surface area contributed by atoms with Gasteiger partial charge in [0, 0.05) is 19.0 Å². The van der Waals surface area contributed by atoms with Gasteiger partial charge < -0.3 is 15.2 Å². The molecule has 0 bridgehead atoms. The van der Waals surface area contributed by atoms with Gasteiger partial charge in [0.25, 0.3) is 0 Å². The molecular weight excluding hydrogens is 230 g/mol. The molecule has 5 heteroatoms. The summed E-state index contributed by atoms with van der Waals surface area (Å²) in [4.78, 5) is 0. The number of aromatic hydroxyl groups is 1. The lowest BCUT2D eigenvalue weighted by atomic mass is 10.1. The normalized spacial score (nSPS) is 15.3. The summed E-state index contributed by atoms with van der Waals surface area (Å²) < 4.78 is 7.39. The van der Waals surface area contributed by atoms with Crippen LogP contribution < -0.4 is 10.1 Å². The summed E-state index contributed by atoms with van der Waals surface area (Å²) in [7, 11) is 0. The first-order valence-corrected chi connectivity index (χ1v) is 5.99. The van der Waals surface area contributed by atoms with Crippen LogP contribution in [0.3, 0.4) is 0 Å². The number of aromatic nitrogens is 2. The highest BCUT2D eigenvalue weighted by Crippen LogP contribution is 2.17. The van der Waals surface area contributed by atoms with Gasteiger partial charge in [0.2, 0.25) is 0 Å². The van der Waals surface area contributed by atoms with Crippen LogP contribution in [0.15, 0.2) is 36.7 Å². The Hall–Kier alpha value is -2.01. The molecule has 5 nitrogen and oxygen atoms in total. The molecule has 0 atom stereocenters. The van der Waals surface area contributed by atoms with Crippen molar-refractivity contribution in [1.82, 2.24) is 15.1 Å². The molecule has 1 aliphatic heterocycles. The van der Waals surface area contributed by atoms with E-state index in [4.69, 9.17) is 4.74 Å². The molecule has 94 valence electrons. The number of hydrogen-bond acceptors (Lipinski definition) is 4. The topological polar surface area (TPSA) is 59.3 Å². The molecule has 2 aromatic rings. The van der Waals surface area contributed by atoms with Crippen LogP contribution in [0.4, 0.5) is 0 Å². The largest absolute Gasteiger partial charge is 0.508 e. The van der Waals surface area contributed by atoms with Gasteiger partial charge in [0.15, 0.2) is 5.75 Å². The second-order valence-corrected chi connectivity index (χ2v) is 4.47. The fourth-order valence-corrected chi connectivity index (χ4v) is 1.81. The van der Waals surface area contributed by atoms with Gasteiger partial charge in [-0.15, -0.1) is 0 Å². The maximum absolute atomic E-state index is 9.23. The number of ether oxygens (including phenoxy) is 1. The Bertz CT molecular complexity index is 517. The number of rotatable bonds is 4. The first-order chi connectivity index (χ1) is 8.81. The minimum absolute atomic E-state index is 0.250. The number of benzene rings is 1. The van der Waals surface area contributed by atoms with Gasteiger partial charge in [-0.05, 0) is 24.3 Å². The Morgan fingerprint density at radius 3 is 2.78 bits per heavy atom. The molecule has 1 aromatic heterocycles. The number of hydrogen-bond donors (Lipinski definition) is 2. The zero-order valence-corrected chi connectivity index (χ0v) is 9.91. The average Bonchev–Trinajstić information content (AvgIpc) is 2.77. The third-order valence-electron chi connectivity index (χ3n) is 3.02. The van der Waals surface area contributed by atoms with Gasteiger partial charge in [0.1, 0.15) is 5.75 Å².